The van der Waals surface area contributed by atoms with Crippen LogP contribution < -0.4 is 14.8 Å². The normalized spacial score (nSPS) is 10.3. The molecule has 1 heterocycles. The number of carbonyl (C=O) groups is 1. The molecule has 7 heteroatoms. The Hall–Kier alpha value is -3.06. The topological polar surface area (TPSA) is 73.3 Å². The largest absolute Gasteiger partial charge is 0.494 e. The van der Waals surface area contributed by atoms with Crippen molar-refractivity contribution in [3.05, 3.63) is 67.0 Å². The first-order valence-electron chi connectivity index (χ1n) is 8.43. The van der Waals surface area contributed by atoms with Gasteiger partial charge in [0.1, 0.15) is 11.5 Å². The van der Waals surface area contributed by atoms with Crippen LogP contribution in [0.1, 0.15) is 6.92 Å². The zero-order chi connectivity index (χ0) is 18.9. The number of carbonyl (C=O) groups excluding carboxylic acids is 1. The summed E-state index contributed by atoms with van der Waals surface area (Å²) in [4.78, 5) is 21.1. The van der Waals surface area contributed by atoms with E-state index in [1.54, 1.807) is 42.7 Å². The number of hydrogen-bond donors (Lipinski definition) is 1. The molecule has 0 aliphatic heterocycles. The van der Waals surface area contributed by atoms with E-state index in [-0.39, 0.29) is 11.9 Å². The van der Waals surface area contributed by atoms with Gasteiger partial charge >= 0.3 is 6.01 Å². The maximum absolute atomic E-state index is 12.1. The van der Waals surface area contributed by atoms with E-state index in [9.17, 15) is 4.79 Å². The summed E-state index contributed by atoms with van der Waals surface area (Å²) < 4.78 is 10.9. The number of benzene rings is 2. The highest BCUT2D eigenvalue weighted by atomic mass is 32.2. The number of nitrogens with zero attached hydrogens (tertiary/aromatic N) is 2. The minimum Gasteiger partial charge on any atom is -0.494 e. The third-order valence-electron chi connectivity index (χ3n) is 3.39. The van der Waals surface area contributed by atoms with Gasteiger partial charge in [-0.1, -0.05) is 0 Å². The highest BCUT2D eigenvalue weighted by Gasteiger charge is 2.05. The van der Waals surface area contributed by atoms with Crippen molar-refractivity contribution in [1.29, 1.82) is 0 Å². The van der Waals surface area contributed by atoms with Crippen LogP contribution in [-0.4, -0.2) is 28.2 Å². The van der Waals surface area contributed by atoms with Crippen LogP contribution in [0.25, 0.3) is 0 Å². The number of aromatic nitrogens is 2. The molecule has 0 saturated heterocycles. The summed E-state index contributed by atoms with van der Waals surface area (Å²) in [5.41, 5.74) is 0.702. The smallest absolute Gasteiger partial charge is 0.321 e. The van der Waals surface area contributed by atoms with E-state index >= 15 is 0 Å². The average molecular weight is 381 g/mol. The number of thioether (sulfide) groups is 1. The molecule has 1 aromatic heterocycles. The van der Waals surface area contributed by atoms with Gasteiger partial charge in [0.25, 0.3) is 0 Å². The highest BCUT2D eigenvalue weighted by Crippen LogP contribution is 2.23. The van der Waals surface area contributed by atoms with Gasteiger partial charge in [-0.25, -0.2) is 9.97 Å². The van der Waals surface area contributed by atoms with Crippen molar-refractivity contribution in [2.24, 2.45) is 0 Å². The van der Waals surface area contributed by atoms with Gasteiger partial charge in [0.15, 0.2) is 0 Å². The molecule has 0 atom stereocenters. The molecule has 0 saturated carbocycles. The van der Waals surface area contributed by atoms with Gasteiger partial charge in [-0.3, -0.25) is 4.79 Å². The standard InChI is InChI=1S/C20H19N3O3S/c1-2-25-16-8-10-18(11-9-16)27-14-19(24)23-15-4-6-17(7-5-15)26-20-21-12-3-13-22-20/h3-13H,2,14H2,1H3,(H,23,24). The fourth-order valence-electron chi connectivity index (χ4n) is 2.19. The van der Waals surface area contributed by atoms with Crippen LogP contribution in [-0.2, 0) is 4.79 Å². The van der Waals surface area contributed by atoms with Crippen molar-refractivity contribution in [2.75, 3.05) is 17.7 Å². The predicted molar refractivity (Wildman–Crippen MR) is 106 cm³/mol. The van der Waals surface area contributed by atoms with E-state index in [4.69, 9.17) is 9.47 Å². The maximum Gasteiger partial charge on any atom is 0.321 e. The van der Waals surface area contributed by atoms with E-state index in [2.05, 4.69) is 15.3 Å². The van der Waals surface area contributed by atoms with E-state index in [0.29, 0.717) is 23.8 Å². The van der Waals surface area contributed by atoms with Gasteiger partial charge in [-0.05, 0) is 61.5 Å². The molecule has 0 aliphatic carbocycles. The highest BCUT2D eigenvalue weighted by molar-refractivity contribution is 8.00. The van der Waals surface area contributed by atoms with Crippen LogP contribution in [0.2, 0.25) is 0 Å². The summed E-state index contributed by atoms with van der Waals surface area (Å²) in [6.45, 7) is 2.58. The van der Waals surface area contributed by atoms with Crippen LogP contribution in [0.3, 0.4) is 0 Å². The zero-order valence-corrected chi connectivity index (χ0v) is 15.6. The fourth-order valence-corrected chi connectivity index (χ4v) is 2.89. The molecule has 6 nitrogen and oxygen atoms in total. The lowest BCUT2D eigenvalue weighted by atomic mass is 10.3. The third-order valence-corrected chi connectivity index (χ3v) is 4.41. The predicted octanol–water partition coefficient (Wildman–Crippen LogP) is 4.40. The zero-order valence-electron chi connectivity index (χ0n) is 14.8. The number of hydrogen-bond acceptors (Lipinski definition) is 6. The van der Waals surface area contributed by atoms with Gasteiger partial charge in [0.2, 0.25) is 5.91 Å². The first-order chi connectivity index (χ1) is 13.2. The van der Waals surface area contributed by atoms with Crippen LogP contribution in [0, 0.1) is 0 Å². The van der Waals surface area contributed by atoms with Crippen molar-refractivity contribution in [3.8, 4) is 17.5 Å². The minimum atomic E-state index is -0.0751. The molecule has 0 radical (unpaired) electrons. The molecule has 0 spiro atoms. The first-order valence-corrected chi connectivity index (χ1v) is 9.42. The average Bonchev–Trinajstić information content (AvgIpc) is 2.70. The summed E-state index contributed by atoms with van der Waals surface area (Å²) in [6.07, 6.45) is 3.22. The second-order valence-electron chi connectivity index (χ2n) is 5.40. The van der Waals surface area contributed by atoms with Crippen LogP contribution in [0.5, 0.6) is 17.5 Å². The lowest BCUT2D eigenvalue weighted by Crippen LogP contribution is -2.13. The summed E-state index contributed by atoms with van der Waals surface area (Å²) in [7, 11) is 0. The molecule has 27 heavy (non-hydrogen) atoms. The molecule has 1 amide bonds. The van der Waals surface area contributed by atoms with Crippen LogP contribution >= 0.6 is 11.8 Å². The van der Waals surface area contributed by atoms with E-state index in [0.717, 1.165) is 10.6 Å². The van der Waals surface area contributed by atoms with Crippen molar-refractivity contribution < 1.29 is 14.3 Å². The van der Waals surface area contributed by atoms with E-state index in [1.807, 2.05) is 31.2 Å². The van der Waals surface area contributed by atoms with E-state index in [1.165, 1.54) is 11.8 Å². The molecule has 2 aromatic carbocycles. The second-order valence-corrected chi connectivity index (χ2v) is 6.45. The van der Waals surface area contributed by atoms with Gasteiger partial charge < -0.3 is 14.8 Å². The Morgan fingerprint density at radius 3 is 2.33 bits per heavy atom. The molecule has 0 bridgehead atoms. The SMILES string of the molecule is CCOc1ccc(SCC(=O)Nc2ccc(Oc3ncccn3)cc2)cc1. The molecule has 138 valence electrons. The Morgan fingerprint density at radius 2 is 1.67 bits per heavy atom. The molecular formula is C20H19N3O3S. The molecule has 3 rings (SSSR count). The van der Waals surface area contributed by atoms with Crippen molar-refractivity contribution in [3.63, 3.8) is 0 Å². The molecular weight excluding hydrogens is 362 g/mol. The van der Waals surface area contributed by atoms with Gasteiger partial charge in [0, 0.05) is 23.0 Å². The molecule has 0 fully saturated rings. The van der Waals surface area contributed by atoms with Crippen molar-refractivity contribution in [2.45, 2.75) is 11.8 Å². The van der Waals surface area contributed by atoms with Crippen LogP contribution in [0.4, 0.5) is 5.69 Å². The number of anilines is 1. The lowest BCUT2D eigenvalue weighted by molar-refractivity contribution is -0.113. The Bertz CT molecular complexity index is 856. The Kier molecular flexibility index (Phi) is 6.65. The molecule has 0 unspecified atom stereocenters. The van der Waals surface area contributed by atoms with Gasteiger partial charge in [-0.15, -0.1) is 11.8 Å². The molecule has 3 aromatic rings. The summed E-state index contributed by atoms with van der Waals surface area (Å²) in [5.74, 6) is 1.68. The number of ether oxygens (including phenoxy) is 2. The monoisotopic (exact) mass is 381 g/mol. The Morgan fingerprint density at radius 1 is 1.00 bits per heavy atom. The number of nitrogens with one attached hydrogen (secondary N) is 1. The fraction of sp³-hybridized carbons (Fsp3) is 0.150. The first kappa shape index (κ1) is 18.7. The quantitative estimate of drug-likeness (QED) is 0.583. The second kappa shape index (κ2) is 9.59. The summed E-state index contributed by atoms with van der Waals surface area (Å²) in [5, 5.41) is 2.86. The maximum atomic E-state index is 12.1. The molecule has 0 aliphatic rings. The van der Waals surface area contributed by atoms with Crippen molar-refractivity contribution in [1.82, 2.24) is 9.97 Å². The van der Waals surface area contributed by atoms with Crippen LogP contribution in [0.15, 0.2) is 71.9 Å². The third kappa shape index (κ3) is 6.00. The summed E-state index contributed by atoms with van der Waals surface area (Å²) >= 11 is 1.47. The van der Waals surface area contributed by atoms with Gasteiger partial charge in [-0.2, -0.15) is 0 Å². The van der Waals surface area contributed by atoms with Crippen molar-refractivity contribution >= 4 is 23.4 Å². The summed E-state index contributed by atoms with van der Waals surface area (Å²) in [6, 6.07) is 16.8. The molecule has 1 N–H and O–H groups in total. The Labute approximate surface area is 162 Å². The number of amides is 1. The Balaban J connectivity index is 1.47. The minimum absolute atomic E-state index is 0.0751. The van der Waals surface area contributed by atoms with Gasteiger partial charge in [0.05, 0.1) is 12.4 Å². The lowest BCUT2D eigenvalue weighted by Gasteiger charge is -2.07. The number of rotatable bonds is 8. The van der Waals surface area contributed by atoms with E-state index < -0.39 is 0 Å².